The molecule has 0 radical (unpaired) electrons. The number of ether oxygens (including phenoxy) is 1. The fourth-order valence-corrected chi connectivity index (χ4v) is 7.73. The zero-order chi connectivity index (χ0) is 31.6. The van der Waals surface area contributed by atoms with E-state index < -0.39 is 10.0 Å². The Labute approximate surface area is 260 Å². The summed E-state index contributed by atoms with van der Waals surface area (Å²) in [5.74, 6) is 0.0269. The number of rotatable bonds is 7. The van der Waals surface area contributed by atoms with Crippen LogP contribution < -0.4 is 15.0 Å². The summed E-state index contributed by atoms with van der Waals surface area (Å²) in [7, 11) is -2.06. The van der Waals surface area contributed by atoms with Crippen LogP contribution >= 0.6 is 0 Å². The molecule has 3 amide bonds. The predicted molar refractivity (Wildman–Crippen MR) is 168 cm³/mol. The molecule has 3 heterocycles. The van der Waals surface area contributed by atoms with Crippen LogP contribution in [0.25, 0.3) is 0 Å². The van der Waals surface area contributed by atoms with Crippen molar-refractivity contribution in [2.24, 2.45) is 11.8 Å². The number of piperazine rings is 1. The zero-order valence-corrected chi connectivity index (χ0v) is 26.8. The summed E-state index contributed by atoms with van der Waals surface area (Å²) in [5.41, 5.74) is 1.16. The van der Waals surface area contributed by atoms with Gasteiger partial charge in [-0.05, 0) is 70.0 Å². The molecule has 12 heteroatoms. The average Bonchev–Trinajstić information content (AvgIpc) is 3.43. The third-order valence-electron chi connectivity index (χ3n) is 8.89. The maximum absolute atomic E-state index is 13.3. The first-order valence-corrected chi connectivity index (χ1v) is 16.7. The third kappa shape index (κ3) is 6.71. The number of hydrogen-bond donors (Lipinski definition) is 1. The van der Waals surface area contributed by atoms with E-state index in [4.69, 9.17) is 4.74 Å². The number of para-hydroxylation sites is 2. The number of sulfonamides is 1. The number of likely N-dealkylation sites (tertiary alicyclic amines) is 2. The minimum absolute atomic E-state index is 0.00982. The van der Waals surface area contributed by atoms with Crippen LogP contribution in [0.1, 0.15) is 40.0 Å². The summed E-state index contributed by atoms with van der Waals surface area (Å²) in [4.78, 5) is 44.4. The van der Waals surface area contributed by atoms with Crippen molar-refractivity contribution in [3.8, 4) is 5.75 Å². The van der Waals surface area contributed by atoms with Crippen LogP contribution in [0.2, 0.25) is 0 Å². The van der Waals surface area contributed by atoms with Crippen LogP contribution in [0.3, 0.4) is 0 Å². The second kappa shape index (κ2) is 12.8. The molecule has 1 unspecified atom stereocenters. The molecule has 3 aliphatic heterocycles. The molecule has 5 rings (SSSR count). The molecule has 0 bridgehead atoms. The summed E-state index contributed by atoms with van der Waals surface area (Å²) in [5, 5.41) is 2.91. The van der Waals surface area contributed by atoms with Gasteiger partial charge in [0, 0.05) is 69.4 Å². The topological polar surface area (TPSA) is 120 Å². The van der Waals surface area contributed by atoms with Gasteiger partial charge in [0.05, 0.1) is 23.6 Å². The Hall–Kier alpha value is -3.64. The molecule has 2 aromatic rings. The van der Waals surface area contributed by atoms with Crippen molar-refractivity contribution in [3.05, 3.63) is 48.5 Å². The van der Waals surface area contributed by atoms with Gasteiger partial charge in [-0.25, -0.2) is 8.42 Å². The Kier molecular flexibility index (Phi) is 9.22. The van der Waals surface area contributed by atoms with Crippen molar-refractivity contribution in [1.29, 1.82) is 0 Å². The Balaban J connectivity index is 1.11. The highest BCUT2D eigenvalue weighted by atomic mass is 32.2. The molecule has 1 atom stereocenters. The fourth-order valence-electron chi connectivity index (χ4n) is 6.31. The number of nitrogens with one attached hydrogen (secondary N) is 1. The van der Waals surface area contributed by atoms with E-state index in [1.165, 1.54) is 16.4 Å². The predicted octanol–water partition coefficient (Wildman–Crippen LogP) is 3.03. The molecule has 11 nitrogen and oxygen atoms in total. The number of nitrogens with zero attached hydrogens (tertiary/aromatic N) is 4. The van der Waals surface area contributed by atoms with Gasteiger partial charge in [-0.15, -0.1) is 0 Å². The lowest BCUT2D eigenvalue weighted by atomic mass is 9.94. The molecule has 3 fully saturated rings. The van der Waals surface area contributed by atoms with E-state index in [9.17, 15) is 22.8 Å². The highest BCUT2D eigenvalue weighted by molar-refractivity contribution is 7.89. The first kappa shape index (κ1) is 31.8. The van der Waals surface area contributed by atoms with Gasteiger partial charge >= 0.3 is 0 Å². The zero-order valence-electron chi connectivity index (χ0n) is 26.0. The molecule has 44 heavy (non-hydrogen) atoms. The SMILES string of the molecule is COc1ccccc1N1CCN(S(=O)(=O)c2ccc(NC(=O)C3CCN(C(=O)C4CC(=O)N(C(C)(C)C)C4)CC3)cc2)CC1. The third-order valence-corrected chi connectivity index (χ3v) is 10.8. The fraction of sp³-hybridized carbons (Fsp3) is 0.531. The number of hydrogen-bond acceptors (Lipinski definition) is 7. The number of methoxy groups -OCH3 is 1. The minimum atomic E-state index is -3.68. The summed E-state index contributed by atoms with van der Waals surface area (Å²) in [6.45, 7) is 9.10. The van der Waals surface area contributed by atoms with E-state index in [0.29, 0.717) is 64.3 Å². The molecule has 0 saturated carbocycles. The molecule has 2 aromatic carbocycles. The summed E-state index contributed by atoms with van der Waals surface area (Å²) >= 11 is 0. The summed E-state index contributed by atoms with van der Waals surface area (Å²) < 4.78 is 33.6. The highest BCUT2D eigenvalue weighted by Crippen LogP contribution is 2.31. The largest absolute Gasteiger partial charge is 0.495 e. The molecule has 3 saturated heterocycles. The van der Waals surface area contributed by atoms with Crippen LogP contribution in [0, 0.1) is 11.8 Å². The maximum atomic E-state index is 13.3. The van der Waals surface area contributed by atoms with Gasteiger partial charge in [0.1, 0.15) is 5.75 Å². The first-order valence-electron chi connectivity index (χ1n) is 15.3. The van der Waals surface area contributed by atoms with Crippen molar-refractivity contribution >= 4 is 39.1 Å². The lowest BCUT2D eigenvalue weighted by molar-refractivity contribution is -0.138. The van der Waals surface area contributed by atoms with Gasteiger partial charge < -0.3 is 24.8 Å². The van der Waals surface area contributed by atoms with E-state index in [1.807, 2.05) is 45.0 Å². The smallest absolute Gasteiger partial charge is 0.243 e. The molecule has 0 aromatic heterocycles. The Morgan fingerprint density at radius 2 is 1.52 bits per heavy atom. The molecule has 0 spiro atoms. The van der Waals surface area contributed by atoms with Crippen molar-refractivity contribution in [3.63, 3.8) is 0 Å². The summed E-state index contributed by atoms with van der Waals surface area (Å²) in [6, 6.07) is 14.0. The van der Waals surface area contributed by atoms with Crippen LogP contribution in [0.15, 0.2) is 53.4 Å². The Morgan fingerprint density at radius 3 is 2.11 bits per heavy atom. The minimum Gasteiger partial charge on any atom is -0.495 e. The number of carbonyl (C=O) groups is 3. The molecule has 1 N–H and O–H groups in total. The highest BCUT2D eigenvalue weighted by Gasteiger charge is 2.41. The average molecular weight is 626 g/mol. The van der Waals surface area contributed by atoms with Gasteiger partial charge in [0.2, 0.25) is 27.7 Å². The lowest BCUT2D eigenvalue weighted by Gasteiger charge is -2.36. The monoisotopic (exact) mass is 625 g/mol. The number of anilines is 2. The second-order valence-corrected chi connectivity index (χ2v) is 14.7. The van der Waals surface area contributed by atoms with Crippen LogP contribution in [-0.4, -0.2) is 98.7 Å². The van der Waals surface area contributed by atoms with Gasteiger partial charge in [-0.1, -0.05) is 12.1 Å². The number of piperidine rings is 1. The van der Waals surface area contributed by atoms with Crippen LogP contribution in [0.5, 0.6) is 5.75 Å². The van der Waals surface area contributed by atoms with Gasteiger partial charge in [0.15, 0.2) is 0 Å². The van der Waals surface area contributed by atoms with Crippen molar-refractivity contribution in [2.75, 3.05) is 63.1 Å². The first-order chi connectivity index (χ1) is 20.9. The second-order valence-electron chi connectivity index (χ2n) is 12.8. The standard InChI is InChI=1S/C32H43N5O6S/c1-32(2,3)37-22-24(21-29(37)38)31(40)35-15-13-23(14-16-35)30(39)33-25-9-11-26(12-10-25)44(41,42)36-19-17-34(18-20-36)27-7-5-6-8-28(27)43-4/h5-12,23-24H,13-22H2,1-4H3,(H,33,39). The molecule has 3 aliphatic rings. The maximum Gasteiger partial charge on any atom is 0.243 e. The van der Waals surface area contributed by atoms with Crippen molar-refractivity contribution in [2.45, 2.75) is 50.5 Å². The van der Waals surface area contributed by atoms with E-state index in [-0.39, 0.29) is 46.4 Å². The molecule has 0 aliphatic carbocycles. The molecular weight excluding hydrogens is 582 g/mol. The van der Waals surface area contributed by atoms with Crippen LogP contribution in [0.4, 0.5) is 11.4 Å². The van der Waals surface area contributed by atoms with E-state index in [0.717, 1.165) is 11.4 Å². The number of benzene rings is 2. The van der Waals surface area contributed by atoms with Crippen LogP contribution in [-0.2, 0) is 24.4 Å². The van der Waals surface area contributed by atoms with E-state index >= 15 is 0 Å². The summed E-state index contributed by atoms with van der Waals surface area (Å²) in [6.07, 6.45) is 1.31. The van der Waals surface area contributed by atoms with Gasteiger partial charge in [0.25, 0.3) is 0 Å². The van der Waals surface area contributed by atoms with Crippen molar-refractivity contribution < 1.29 is 27.5 Å². The van der Waals surface area contributed by atoms with Gasteiger partial charge in [-0.2, -0.15) is 4.31 Å². The lowest BCUT2D eigenvalue weighted by Crippen LogP contribution is -2.48. The molecule has 238 valence electrons. The Bertz CT molecular complexity index is 1470. The number of carbonyl (C=O) groups excluding carboxylic acids is 3. The van der Waals surface area contributed by atoms with Crippen molar-refractivity contribution in [1.82, 2.24) is 14.1 Å². The molecular formula is C32H43N5O6S. The normalized spacial score (nSPS) is 20.6. The quantitative estimate of drug-likeness (QED) is 0.503. The van der Waals surface area contributed by atoms with Gasteiger partial charge in [-0.3, -0.25) is 14.4 Å². The Morgan fingerprint density at radius 1 is 0.886 bits per heavy atom. The van der Waals surface area contributed by atoms with E-state index in [2.05, 4.69) is 10.2 Å². The van der Waals surface area contributed by atoms with E-state index in [1.54, 1.807) is 29.0 Å². The number of amides is 3.